The van der Waals surface area contributed by atoms with Crippen molar-refractivity contribution in [2.24, 2.45) is 0 Å². The number of aromatic nitrogens is 8. The molecule has 0 spiro atoms. The number of nitrogens with one attached hydrogen (secondary N) is 2. The van der Waals surface area contributed by atoms with Crippen LogP contribution in [-0.4, -0.2) is 39.9 Å². The van der Waals surface area contributed by atoms with E-state index in [4.69, 9.17) is 0 Å². The predicted octanol–water partition coefficient (Wildman–Crippen LogP) is 3.40. The van der Waals surface area contributed by atoms with E-state index in [1.807, 2.05) is 60.7 Å². The Labute approximate surface area is 158 Å². The third-order valence-electron chi connectivity index (χ3n) is 4.46. The van der Waals surface area contributed by atoms with Crippen LogP contribution >= 0.6 is 0 Å². The lowest BCUT2D eigenvalue weighted by Crippen LogP contribution is -1.84. The zero-order chi connectivity index (χ0) is 18.5. The Morgan fingerprint density at radius 2 is 0.929 bits per heavy atom. The van der Waals surface area contributed by atoms with Gasteiger partial charge >= 0.3 is 0 Å². The van der Waals surface area contributed by atoms with Crippen LogP contribution in [-0.2, 0) is 0 Å². The van der Waals surface area contributed by atoms with E-state index >= 15 is 0 Å². The van der Waals surface area contributed by atoms with Crippen molar-refractivity contribution in [1.82, 2.24) is 39.9 Å². The van der Waals surface area contributed by atoms with Gasteiger partial charge in [-0.3, -0.25) is 0 Å². The molecule has 28 heavy (non-hydrogen) atoms. The van der Waals surface area contributed by atoms with E-state index in [-0.39, 0.29) is 0 Å². The first-order valence-electron chi connectivity index (χ1n) is 8.74. The molecule has 132 valence electrons. The fourth-order valence-electron chi connectivity index (χ4n) is 3.21. The fraction of sp³-hybridized carbons (Fsp3) is 0. The van der Waals surface area contributed by atoms with Crippen molar-refractivity contribution in [3.8, 4) is 22.8 Å². The summed E-state index contributed by atoms with van der Waals surface area (Å²) in [6, 6.07) is 15.4. The van der Waals surface area contributed by atoms with E-state index in [1.165, 1.54) is 0 Å². The van der Waals surface area contributed by atoms with E-state index in [2.05, 4.69) is 39.9 Å². The lowest BCUT2D eigenvalue weighted by molar-refractivity contribution is 1.13. The zero-order valence-electron chi connectivity index (χ0n) is 14.5. The monoisotopic (exact) mass is 364 g/mol. The van der Waals surface area contributed by atoms with E-state index in [0.29, 0.717) is 45.9 Å². The maximum absolute atomic E-state index is 4.66. The Morgan fingerprint density at radius 1 is 0.464 bits per heavy atom. The molecule has 0 saturated heterocycles. The summed E-state index contributed by atoms with van der Waals surface area (Å²) < 4.78 is 0. The molecule has 2 N–H and O–H groups in total. The molecular formula is C20H12N8. The smallest absolute Gasteiger partial charge is 0.164 e. The highest BCUT2D eigenvalue weighted by atomic mass is 15.0. The second-order valence-corrected chi connectivity index (χ2v) is 6.37. The lowest BCUT2D eigenvalue weighted by atomic mass is 10.1. The normalized spacial score (nSPS) is 12.1. The van der Waals surface area contributed by atoms with Crippen molar-refractivity contribution in [1.29, 1.82) is 0 Å². The first-order valence-corrected chi connectivity index (χ1v) is 8.74. The predicted molar refractivity (Wildman–Crippen MR) is 106 cm³/mol. The topological polar surface area (TPSA) is 109 Å². The molecule has 5 heterocycles. The summed E-state index contributed by atoms with van der Waals surface area (Å²) in [4.78, 5) is 33.7. The summed E-state index contributed by atoms with van der Waals surface area (Å²) in [6.07, 6.45) is 3.64. The molecule has 0 saturated carbocycles. The van der Waals surface area contributed by atoms with Gasteiger partial charge < -0.3 is 9.97 Å². The maximum Gasteiger partial charge on any atom is 0.164 e. The molecule has 8 nitrogen and oxygen atoms in total. The molecule has 1 aromatic carbocycles. The molecular weight excluding hydrogens is 352 g/mol. The quantitative estimate of drug-likeness (QED) is 0.427. The van der Waals surface area contributed by atoms with Gasteiger partial charge in [0.15, 0.2) is 23.3 Å². The molecule has 3 aromatic heterocycles. The maximum atomic E-state index is 4.66. The first kappa shape index (κ1) is 14.9. The highest BCUT2D eigenvalue weighted by Crippen LogP contribution is 2.32. The Balaban J connectivity index is 1.73. The van der Waals surface area contributed by atoms with Crippen LogP contribution in [0.3, 0.4) is 0 Å². The molecule has 8 bridgehead atoms. The minimum Gasteiger partial charge on any atom is -0.325 e. The molecule has 8 heteroatoms. The van der Waals surface area contributed by atoms with Gasteiger partial charge in [0.25, 0.3) is 0 Å². The van der Waals surface area contributed by atoms with Gasteiger partial charge in [0, 0.05) is 11.1 Å². The number of hydrogen-bond donors (Lipinski definition) is 2. The third-order valence-corrected chi connectivity index (χ3v) is 4.46. The molecule has 0 aliphatic carbocycles. The summed E-state index contributed by atoms with van der Waals surface area (Å²) >= 11 is 0. The number of nitrogens with zero attached hydrogens (tertiary/aromatic N) is 6. The van der Waals surface area contributed by atoms with Crippen molar-refractivity contribution < 1.29 is 0 Å². The van der Waals surface area contributed by atoms with E-state index in [0.717, 1.165) is 11.1 Å². The number of aromatic amines is 2. The van der Waals surface area contributed by atoms with Crippen LogP contribution in [0.4, 0.5) is 0 Å². The van der Waals surface area contributed by atoms with Gasteiger partial charge in [-0.25, -0.2) is 29.9 Å². The minimum atomic E-state index is 0.579. The molecule has 0 unspecified atom stereocenters. The highest BCUT2D eigenvalue weighted by molar-refractivity contribution is 5.82. The Kier molecular flexibility index (Phi) is 3.01. The summed E-state index contributed by atoms with van der Waals surface area (Å²) in [5, 5.41) is 0. The Hall–Kier alpha value is -4.20. The number of H-pyrrole nitrogens is 2. The van der Waals surface area contributed by atoms with Crippen molar-refractivity contribution in [2.75, 3.05) is 0 Å². The number of benzene rings is 1. The van der Waals surface area contributed by atoms with Gasteiger partial charge in [0.05, 0.1) is 0 Å². The van der Waals surface area contributed by atoms with Crippen molar-refractivity contribution >= 4 is 34.7 Å². The molecule has 0 amide bonds. The summed E-state index contributed by atoms with van der Waals surface area (Å²) in [5.74, 6) is 2.38. The van der Waals surface area contributed by atoms with E-state index in [9.17, 15) is 0 Å². The fourth-order valence-corrected chi connectivity index (χ4v) is 3.21. The van der Waals surface area contributed by atoms with Gasteiger partial charge in [-0.05, 0) is 36.4 Å². The molecule has 0 fully saturated rings. The van der Waals surface area contributed by atoms with Crippen LogP contribution in [0.1, 0.15) is 11.6 Å². The standard InChI is InChI=1S/C20H12N8/c1-2-4-12-11(3-1)19-26-17-9-7-15(24-17)22-13-5-6-14(21-13)23-16-8-10-18(25-16)27-20(12)28-19/h1-10H,(H2,21,22,23,24,25,26,27,28). The van der Waals surface area contributed by atoms with Gasteiger partial charge in [0.2, 0.25) is 0 Å². The number of hydrogen-bond acceptors (Lipinski definition) is 6. The lowest BCUT2D eigenvalue weighted by Gasteiger charge is -1.95. The van der Waals surface area contributed by atoms with Gasteiger partial charge in [0.1, 0.15) is 22.6 Å². The largest absolute Gasteiger partial charge is 0.325 e. The molecule has 2 aliphatic heterocycles. The Morgan fingerprint density at radius 3 is 1.43 bits per heavy atom. The first-order chi connectivity index (χ1) is 13.8. The van der Waals surface area contributed by atoms with Crippen LogP contribution in [0.15, 0.2) is 48.5 Å². The van der Waals surface area contributed by atoms with Gasteiger partial charge in [-0.1, -0.05) is 24.3 Å². The summed E-state index contributed by atoms with van der Waals surface area (Å²) in [7, 11) is 0. The van der Waals surface area contributed by atoms with Gasteiger partial charge in [-0.2, -0.15) is 0 Å². The van der Waals surface area contributed by atoms with Crippen molar-refractivity contribution in [3.63, 3.8) is 0 Å². The van der Waals surface area contributed by atoms with Crippen molar-refractivity contribution in [3.05, 3.63) is 60.2 Å². The average molecular weight is 364 g/mol. The van der Waals surface area contributed by atoms with Crippen LogP contribution in [0, 0.1) is 0 Å². The van der Waals surface area contributed by atoms with Crippen LogP contribution in [0.2, 0.25) is 0 Å². The van der Waals surface area contributed by atoms with Crippen molar-refractivity contribution in [2.45, 2.75) is 0 Å². The van der Waals surface area contributed by atoms with Crippen LogP contribution in [0.25, 0.3) is 57.5 Å². The molecule has 0 atom stereocenters. The average Bonchev–Trinajstić information content (AvgIpc) is 3.47. The molecule has 4 aromatic rings. The molecule has 6 rings (SSSR count). The minimum absolute atomic E-state index is 0.579. The molecule has 0 radical (unpaired) electrons. The van der Waals surface area contributed by atoms with E-state index < -0.39 is 0 Å². The number of fused-ring (bicyclic) bond motifs is 11. The zero-order valence-corrected chi connectivity index (χ0v) is 14.5. The summed E-state index contributed by atoms with van der Waals surface area (Å²) in [6.45, 7) is 0. The highest BCUT2D eigenvalue weighted by Gasteiger charge is 2.17. The van der Waals surface area contributed by atoms with E-state index in [1.54, 1.807) is 0 Å². The Bertz CT molecular complexity index is 1320. The van der Waals surface area contributed by atoms with Crippen LogP contribution in [0.5, 0.6) is 0 Å². The summed E-state index contributed by atoms with van der Waals surface area (Å²) in [5.41, 5.74) is 4.55. The SMILES string of the molecule is C1=Cc2nc1nc1ccc(nc3nc(nc4ccc(n2)[nH]4)-c2ccccc2-3)[nH]1. The second kappa shape index (κ2) is 5.65. The molecule has 2 aliphatic rings. The number of rotatable bonds is 0. The van der Waals surface area contributed by atoms with Crippen LogP contribution < -0.4 is 0 Å². The van der Waals surface area contributed by atoms with Gasteiger partial charge in [-0.15, -0.1) is 0 Å². The second-order valence-electron chi connectivity index (χ2n) is 6.37. The third kappa shape index (κ3) is 2.47.